The van der Waals surface area contributed by atoms with Crippen molar-refractivity contribution in [1.82, 2.24) is 4.98 Å². The van der Waals surface area contributed by atoms with Gasteiger partial charge in [-0.1, -0.05) is 55.1 Å². The van der Waals surface area contributed by atoms with Gasteiger partial charge in [0.15, 0.2) is 0 Å². The minimum atomic E-state index is 1.04. The second-order valence-electron chi connectivity index (χ2n) is 5.40. The molecule has 0 amide bonds. The topological polar surface area (TPSA) is 12.9 Å². The van der Waals surface area contributed by atoms with Crippen LogP contribution in [-0.2, 0) is 0 Å². The Morgan fingerprint density at radius 2 is 1.82 bits per heavy atom. The largest absolute Gasteiger partial charge is 0.261 e. The minimum absolute atomic E-state index is 1.04. The third-order valence-corrected chi connectivity index (χ3v) is 3.89. The highest BCUT2D eigenvalue weighted by Gasteiger charge is 2.05. The number of nitrogens with zero attached hydrogens (tertiary/aromatic N) is 1. The normalized spacial score (nSPS) is 11.2. The molecule has 0 radical (unpaired) electrons. The van der Waals surface area contributed by atoms with E-state index in [2.05, 4.69) is 60.1 Å². The van der Waals surface area contributed by atoms with Crippen LogP contribution >= 0.6 is 0 Å². The van der Waals surface area contributed by atoms with Gasteiger partial charge >= 0.3 is 0 Å². The predicted octanol–water partition coefficient (Wildman–Crippen LogP) is 5.89. The first-order chi connectivity index (χ1) is 10.7. The summed E-state index contributed by atoms with van der Waals surface area (Å²) in [4.78, 5) is 4.38. The third-order valence-electron chi connectivity index (χ3n) is 3.89. The Morgan fingerprint density at radius 1 is 1.00 bits per heavy atom. The molecule has 0 bridgehead atoms. The van der Waals surface area contributed by atoms with Crippen LogP contribution in [0.25, 0.3) is 34.1 Å². The Bertz CT molecular complexity index is 855. The van der Waals surface area contributed by atoms with Gasteiger partial charge in [0.1, 0.15) is 0 Å². The van der Waals surface area contributed by atoms with Crippen LogP contribution in [-0.4, -0.2) is 4.98 Å². The number of allylic oxidation sites excluding steroid dienone is 1. The number of benzene rings is 2. The van der Waals surface area contributed by atoms with Gasteiger partial charge in [-0.25, -0.2) is 0 Å². The quantitative estimate of drug-likeness (QED) is 0.585. The van der Waals surface area contributed by atoms with E-state index in [4.69, 9.17) is 0 Å². The molecule has 0 fully saturated rings. The first kappa shape index (κ1) is 14.3. The van der Waals surface area contributed by atoms with E-state index in [0.29, 0.717) is 0 Å². The van der Waals surface area contributed by atoms with Gasteiger partial charge in [0.25, 0.3) is 0 Å². The molecule has 0 saturated carbocycles. The van der Waals surface area contributed by atoms with E-state index < -0.39 is 0 Å². The second kappa shape index (κ2) is 5.98. The lowest BCUT2D eigenvalue weighted by atomic mass is 9.95. The van der Waals surface area contributed by atoms with Crippen molar-refractivity contribution in [3.8, 4) is 11.1 Å². The molecule has 1 aromatic heterocycles. The van der Waals surface area contributed by atoms with Crippen LogP contribution < -0.4 is 0 Å². The van der Waals surface area contributed by atoms with Gasteiger partial charge in [0.05, 0.1) is 0 Å². The Kier molecular flexibility index (Phi) is 3.88. The molecule has 3 aromatic rings. The molecular formula is C21H19N. The van der Waals surface area contributed by atoms with Crippen molar-refractivity contribution in [3.63, 3.8) is 0 Å². The van der Waals surface area contributed by atoms with Gasteiger partial charge in [-0.2, -0.15) is 0 Å². The molecule has 108 valence electrons. The maximum atomic E-state index is 4.38. The standard InChI is InChI=1S/C21H19N/c1-4-6-16-9-10-18-13-17(11-12-21(18)20(16)5-2)19-8-7-15(3)22-14-19/h4-14H,2H2,1,3H3/b6-4-. The number of pyridine rings is 1. The van der Waals surface area contributed by atoms with Crippen molar-refractivity contribution in [2.45, 2.75) is 13.8 Å². The number of fused-ring (bicyclic) bond motifs is 1. The van der Waals surface area contributed by atoms with E-state index in [1.165, 1.54) is 27.5 Å². The smallest absolute Gasteiger partial charge is 0.0373 e. The lowest BCUT2D eigenvalue weighted by Gasteiger charge is -2.09. The maximum absolute atomic E-state index is 4.38. The van der Waals surface area contributed by atoms with Gasteiger partial charge in [0, 0.05) is 17.5 Å². The molecule has 0 spiro atoms. The van der Waals surface area contributed by atoms with E-state index in [1.807, 2.05) is 32.2 Å². The first-order valence-electron chi connectivity index (χ1n) is 7.48. The van der Waals surface area contributed by atoms with Gasteiger partial charge in [-0.15, -0.1) is 0 Å². The lowest BCUT2D eigenvalue weighted by Crippen LogP contribution is -1.87. The molecule has 0 saturated heterocycles. The van der Waals surface area contributed by atoms with Crippen LogP contribution in [0, 0.1) is 6.92 Å². The molecule has 0 unspecified atom stereocenters. The molecule has 1 heteroatoms. The fourth-order valence-corrected chi connectivity index (χ4v) is 2.74. The average molecular weight is 285 g/mol. The molecule has 2 aromatic carbocycles. The van der Waals surface area contributed by atoms with E-state index >= 15 is 0 Å². The molecule has 0 N–H and O–H groups in total. The summed E-state index contributed by atoms with van der Waals surface area (Å²) in [6.07, 6.45) is 8.04. The zero-order chi connectivity index (χ0) is 15.5. The van der Waals surface area contributed by atoms with E-state index in [0.717, 1.165) is 11.3 Å². The monoisotopic (exact) mass is 285 g/mol. The van der Waals surface area contributed by atoms with Crippen LogP contribution in [0.2, 0.25) is 0 Å². The molecule has 0 atom stereocenters. The molecule has 3 rings (SSSR count). The third kappa shape index (κ3) is 2.58. The zero-order valence-electron chi connectivity index (χ0n) is 13.0. The van der Waals surface area contributed by atoms with Crippen molar-refractivity contribution in [2.75, 3.05) is 0 Å². The average Bonchev–Trinajstić information content (AvgIpc) is 2.55. The summed E-state index contributed by atoms with van der Waals surface area (Å²) >= 11 is 0. The van der Waals surface area contributed by atoms with Gasteiger partial charge in [0.2, 0.25) is 0 Å². The summed E-state index contributed by atoms with van der Waals surface area (Å²) in [5.41, 5.74) is 5.76. The summed E-state index contributed by atoms with van der Waals surface area (Å²) < 4.78 is 0. The predicted molar refractivity (Wildman–Crippen MR) is 96.7 cm³/mol. The molecule has 0 aliphatic rings. The van der Waals surface area contributed by atoms with Crippen molar-refractivity contribution in [2.24, 2.45) is 0 Å². The molecule has 22 heavy (non-hydrogen) atoms. The SMILES string of the molecule is C=Cc1c(/C=C\C)ccc2cc(-c3ccc(C)nc3)ccc12. The van der Waals surface area contributed by atoms with Gasteiger partial charge < -0.3 is 0 Å². The summed E-state index contributed by atoms with van der Waals surface area (Å²) in [6.45, 7) is 8.01. The number of rotatable bonds is 3. The van der Waals surface area contributed by atoms with Gasteiger partial charge in [-0.05, 0) is 53.4 Å². The van der Waals surface area contributed by atoms with E-state index in [-0.39, 0.29) is 0 Å². The van der Waals surface area contributed by atoms with Crippen LogP contribution in [0.5, 0.6) is 0 Å². The highest BCUT2D eigenvalue weighted by molar-refractivity contribution is 5.96. The van der Waals surface area contributed by atoms with Crippen molar-refractivity contribution < 1.29 is 0 Å². The van der Waals surface area contributed by atoms with Crippen LogP contribution in [0.4, 0.5) is 0 Å². The van der Waals surface area contributed by atoms with Crippen molar-refractivity contribution in [3.05, 3.63) is 78.1 Å². The second-order valence-corrected chi connectivity index (χ2v) is 5.40. The van der Waals surface area contributed by atoms with Crippen molar-refractivity contribution >= 4 is 22.9 Å². The zero-order valence-corrected chi connectivity index (χ0v) is 13.0. The summed E-state index contributed by atoms with van der Waals surface area (Å²) in [5.74, 6) is 0. The summed E-state index contributed by atoms with van der Waals surface area (Å²) in [5, 5.41) is 2.45. The number of hydrogen-bond acceptors (Lipinski definition) is 1. The van der Waals surface area contributed by atoms with Gasteiger partial charge in [-0.3, -0.25) is 4.98 Å². The Balaban J connectivity index is 2.17. The first-order valence-corrected chi connectivity index (χ1v) is 7.48. The highest BCUT2D eigenvalue weighted by atomic mass is 14.7. The number of hydrogen-bond donors (Lipinski definition) is 0. The summed E-state index contributed by atoms with van der Waals surface area (Å²) in [6, 6.07) is 15.0. The minimum Gasteiger partial charge on any atom is -0.261 e. The van der Waals surface area contributed by atoms with E-state index in [9.17, 15) is 0 Å². The van der Waals surface area contributed by atoms with Crippen molar-refractivity contribution in [1.29, 1.82) is 0 Å². The molecule has 1 heterocycles. The summed E-state index contributed by atoms with van der Waals surface area (Å²) in [7, 11) is 0. The number of aromatic nitrogens is 1. The Morgan fingerprint density at radius 3 is 2.50 bits per heavy atom. The molecular weight excluding hydrogens is 266 g/mol. The van der Waals surface area contributed by atoms with Crippen LogP contribution in [0.15, 0.2) is 61.3 Å². The fraction of sp³-hybridized carbons (Fsp3) is 0.0952. The molecule has 0 aliphatic carbocycles. The molecule has 0 aliphatic heterocycles. The maximum Gasteiger partial charge on any atom is 0.0373 e. The van der Waals surface area contributed by atoms with Crippen LogP contribution in [0.3, 0.4) is 0 Å². The Labute approximate surface area is 131 Å². The molecule has 1 nitrogen and oxygen atoms in total. The van der Waals surface area contributed by atoms with Crippen LogP contribution in [0.1, 0.15) is 23.7 Å². The highest BCUT2D eigenvalue weighted by Crippen LogP contribution is 2.29. The number of aryl methyl sites for hydroxylation is 1. The fourth-order valence-electron chi connectivity index (χ4n) is 2.74. The Hall–Kier alpha value is -2.67. The lowest BCUT2D eigenvalue weighted by molar-refractivity contribution is 1.20. The van der Waals surface area contributed by atoms with E-state index in [1.54, 1.807) is 0 Å².